The molecule has 0 saturated heterocycles. The molecule has 0 bridgehead atoms. The van der Waals surface area contributed by atoms with E-state index < -0.39 is 0 Å². The van der Waals surface area contributed by atoms with E-state index in [0.717, 1.165) is 42.1 Å². The van der Waals surface area contributed by atoms with Crippen LogP contribution < -0.4 is 26.5 Å². The van der Waals surface area contributed by atoms with Gasteiger partial charge in [0.05, 0.1) is 24.4 Å². The number of aliphatic imine (C=N–C) groups is 1. The number of aryl methyl sites for hydroxylation is 1. The number of nitrogens with zero attached hydrogens (tertiary/aromatic N) is 5. The summed E-state index contributed by atoms with van der Waals surface area (Å²) in [5, 5.41) is 14.8. The maximum absolute atomic E-state index is 12.6. The summed E-state index contributed by atoms with van der Waals surface area (Å²) in [6.45, 7) is 1.55. The van der Waals surface area contributed by atoms with Crippen molar-refractivity contribution in [2.75, 3.05) is 37.4 Å². The highest BCUT2D eigenvalue weighted by Crippen LogP contribution is 2.35. The fourth-order valence-corrected chi connectivity index (χ4v) is 6.52. The lowest BCUT2D eigenvalue weighted by molar-refractivity contribution is -0.117. The summed E-state index contributed by atoms with van der Waals surface area (Å²) in [6, 6.07) is 11.8. The average Bonchev–Trinajstić information content (AvgIpc) is 3.87. The zero-order valence-electron chi connectivity index (χ0n) is 26.4. The van der Waals surface area contributed by atoms with Crippen LogP contribution in [0, 0.1) is 5.92 Å². The maximum Gasteiger partial charge on any atom is 0.266 e. The van der Waals surface area contributed by atoms with Gasteiger partial charge in [0.1, 0.15) is 10.8 Å². The molecule has 0 unspecified atom stereocenters. The minimum Gasteiger partial charge on any atom is -0.476 e. The van der Waals surface area contributed by atoms with Crippen LogP contribution in [-0.4, -0.2) is 65.4 Å². The number of rotatable bonds is 14. The molecule has 47 heavy (non-hydrogen) atoms. The van der Waals surface area contributed by atoms with E-state index in [0.29, 0.717) is 54.0 Å². The molecular weight excluding hydrogens is 615 g/mol. The first-order valence-corrected chi connectivity index (χ1v) is 16.9. The van der Waals surface area contributed by atoms with Gasteiger partial charge in [-0.3, -0.25) is 19.6 Å². The molecule has 0 spiro atoms. The third kappa shape index (κ3) is 7.91. The first kappa shape index (κ1) is 32.0. The number of carbonyl (C=O) groups excluding carboxylic acids is 2. The molecule has 3 aromatic heterocycles. The number of hydrogen-bond acceptors (Lipinski definition) is 11. The first-order chi connectivity index (χ1) is 23.0. The van der Waals surface area contributed by atoms with Gasteiger partial charge < -0.3 is 26.5 Å². The summed E-state index contributed by atoms with van der Waals surface area (Å²) < 4.78 is 5.96. The van der Waals surface area contributed by atoms with Crippen molar-refractivity contribution in [1.82, 2.24) is 20.3 Å². The Kier molecular flexibility index (Phi) is 10.3. The van der Waals surface area contributed by atoms with E-state index in [9.17, 15) is 9.59 Å². The maximum atomic E-state index is 12.6. The third-order valence-electron chi connectivity index (χ3n) is 8.17. The van der Waals surface area contributed by atoms with Gasteiger partial charge in [0.25, 0.3) is 5.91 Å². The minimum absolute atomic E-state index is 0.0251. The molecule has 2 amide bonds. The van der Waals surface area contributed by atoms with Gasteiger partial charge in [0.2, 0.25) is 11.8 Å². The van der Waals surface area contributed by atoms with E-state index in [1.165, 1.54) is 41.1 Å². The van der Waals surface area contributed by atoms with Crippen molar-refractivity contribution in [1.29, 1.82) is 0 Å². The largest absolute Gasteiger partial charge is 0.476 e. The highest BCUT2D eigenvalue weighted by atomic mass is 32.1. The predicted molar refractivity (Wildman–Crippen MR) is 187 cm³/mol. The number of fused-ring (bicyclic) bond motifs is 2. The van der Waals surface area contributed by atoms with E-state index >= 15 is 0 Å². The molecule has 6 rings (SSSR count). The molecule has 4 aromatic rings. The van der Waals surface area contributed by atoms with Crippen molar-refractivity contribution in [3.05, 3.63) is 58.7 Å². The van der Waals surface area contributed by atoms with Gasteiger partial charge in [0, 0.05) is 54.3 Å². The molecule has 12 nitrogen and oxygen atoms in total. The van der Waals surface area contributed by atoms with E-state index in [4.69, 9.17) is 15.6 Å². The van der Waals surface area contributed by atoms with Gasteiger partial charge >= 0.3 is 0 Å². The van der Waals surface area contributed by atoms with Crippen molar-refractivity contribution in [3.8, 4) is 16.5 Å². The molecule has 2 aliphatic rings. The second-order valence-electron chi connectivity index (χ2n) is 11.6. The van der Waals surface area contributed by atoms with Gasteiger partial charge in [-0.25, -0.2) is 9.97 Å². The third-order valence-corrected chi connectivity index (χ3v) is 9.25. The second-order valence-corrected chi connectivity index (χ2v) is 12.6. The molecule has 13 heteroatoms. The van der Waals surface area contributed by atoms with Crippen molar-refractivity contribution < 1.29 is 14.3 Å². The molecule has 0 radical (unpaired) electrons. The highest BCUT2D eigenvalue weighted by molar-refractivity contribution is 7.17. The molecule has 1 aromatic carbocycles. The summed E-state index contributed by atoms with van der Waals surface area (Å²) in [5.41, 5.74) is 6.13. The molecule has 1 saturated carbocycles. The number of aromatic nitrogens is 3. The van der Waals surface area contributed by atoms with Crippen molar-refractivity contribution in [3.63, 3.8) is 0 Å². The predicted octanol–water partition coefficient (Wildman–Crippen LogP) is 5.00. The van der Waals surface area contributed by atoms with Gasteiger partial charge in [0.15, 0.2) is 4.88 Å². The molecule has 0 atom stereocenters. The minimum atomic E-state index is -0.287. The molecular formula is C34H39N9O3S. The van der Waals surface area contributed by atoms with E-state index in [2.05, 4.69) is 54.2 Å². The van der Waals surface area contributed by atoms with Crippen molar-refractivity contribution in [2.24, 2.45) is 21.9 Å². The zero-order valence-corrected chi connectivity index (χ0v) is 27.2. The Balaban J connectivity index is 1.01. The van der Waals surface area contributed by atoms with E-state index in [1.807, 2.05) is 6.07 Å². The van der Waals surface area contributed by atoms with Crippen LogP contribution >= 0.6 is 11.3 Å². The van der Waals surface area contributed by atoms with Crippen LogP contribution in [0.25, 0.3) is 21.5 Å². The van der Waals surface area contributed by atoms with Crippen molar-refractivity contribution in [2.45, 2.75) is 51.4 Å². The van der Waals surface area contributed by atoms with Crippen molar-refractivity contribution >= 4 is 57.5 Å². The quantitative estimate of drug-likeness (QED) is 0.0638. The number of ether oxygens (including phenoxy) is 1. The smallest absolute Gasteiger partial charge is 0.266 e. The van der Waals surface area contributed by atoms with Crippen LogP contribution in [0.15, 0.2) is 52.7 Å². The Hall–Kier alpha value is -4.91. The number of benzene rings is 1. The Morgan fingerprint density at radius 2 is 2.00 bits per heavy atom. The number of anilines is 2. The molecule has 0 aliphatic heterocycles. The Morgan fingerprint density at radius 1 is 1.15 bits per heavy atom. The van der Waals surface area contributed by atoms with Gasteiger partial charge in [-0.05, 0) is 75.1 Å². The lowest BCUT2D eigenvalue weighted by Crippen LogP contribution is -2.17. The summed E-state index contributed by atoms with van der Waals surface area (Å²) >= 11 is 1.22. The van der Waals surface area contributed by atoms with Crippen LogP contribution in [0.1, 0.15) is 59.5 Å². The monoisotopic (exact) mass is 653 g/mol. The number of hydrogen-bond donors (Lipinski definition) is 4. The highest BCUT2D eigenvalue weighted by Gasteiger charge is 2.30. The number of carbonyl (C=O) groups is 2. The lowest BCUT2D eigenvalue weighted by Gasteiger charge is -2.21. The molecule has 1 fully saturated rings. The Morgan fingerprint density at radius 3 is 2.83 bits per heavy atom. The van der Waals surface area contributed by atoms with Crippen LogP contribution in [0.2, 0.25) is 0 Å². The normalized spacial score (nSPS) is 14.6. The molecule has 244 valence electrons. The van der Waals surface area contributed by atoms with E-state index in [-0.39, 0.29) is 23.6 Å². The lowest BCUT2D eigenvalue weighted by atomic mass is 9.92. The number of amides is 2. The number of nitrogens with one attached hydrogen (secondary N) is 3. The summed E-state index contributed by atoms with van der Waals surface area (Å²) in [5.74, 6) is 6.12. The standard InChI is InChI=1S/C34H39N9O3S/c1-36-32(45)30-33(42-34(47-30)22-14-15-38-28(19-22)41-31(44)21-12-13-21)46-18-6-7-23(43-35)20-37-16-17-39-29-24-8-2-4-10-26(24)40-27-11-5-3-9-25(27)29/h2,4,8,10,14-15,19-21H,3,5-7,9,11-13,16-18,35H2,1H3,(H,36,45)(H,39,40)(H,38,41,44). The molecule has 3 heterocycles. The van der Waals surface area contributed by atoms with Gasteiger partial charge in [-0.2, -0.15) is 5.10 Å². The van der Waals surface area contributed by atoms with Crippen LogP contribution in [-0.2, 0) is 17.6 Å². The van der Waals surface area contributed by atoms with Gasteiger partial charge in [-0.1, -0.05) is 18.2 Å². The second kappa shape index (κ2) is 15.1. The number of hydrazone groups is 1. The van der Waals surface area contributed by atoms with Crippen LogP contribution in [0.4, 0.5) is 11.5 Å². The SMILES string of the molecule is CNC(=O)c1sc(-c2ccnc(NC(=O)C3CC3)c2)nc1OCCCC(C=NCCNc1c2c(nc3ccccc13)CCCC2)=NN. The average molecular weight is 654 g/mol. The fourth-order valence-electron chi connectivity index (χ4n) is 5.56. The zero-order chi connectivity index (χ0) is 32.6. The summed E-state index contributed by atoms with van der Waals surface area (Å²) in [6.07, 6.45) is 10.7. The number of nitrogens with two attached hydrogens (primary N) is 1. The molecule has 5 N–H and O–H groups in total. The Labute approximate surface area is 277 Å². The van der Waals surface area contributed by atoms with Crippen LogP contribution in [0.3, 0.4) is 0 Å². The van der Waals surface area contributed by atoms with Gasteiger partial charge in [-0.15, -0.1) is 11.3 Å². The number of pyridine rings is 2. The van der Waals surface area contributed by atoms with Crippen LogP contribution in [0.5, 0.6) is 5.88 Å². The fraction of sp³-hybridized carbons (Fsp3) is 0.382. The number of thiazole rings is 1. The molecule has 2 aliphatic carbocycles. The first-order valence-electron chi connectivity index (χ1n) is 16.1. The Bertz CT molecular complexity index is 1820. The summed E-state index contributed by atoms with van der Waals surface area (Å²) in [7, 11) is 1.56. The summed E-state index contributed by atoms with van der Waals surface area (Å²) in [4.78, 5) is 43.5. The number of para-hydroxylation sites is 1. The van der Waals surface area contributed by atoms with E-state index in [1.54, 1.807) is 31.6 Å². The topological polar surface area (TPSA) is 169 Å².